The van der Waals surface area contributed by atoms with Gasteiger partial charge in [-0.25, -0.2) is 0 Å². The van der Waals surface area contributed by atoms with Crippen molar-refractivity contribution in [2.75, 3.05) is 6.61 Å². The van der Waals surface area contributed by atoms with E-state index in [2.05, 4.69) is 34.6 Å². The van der Waals surface area contributed by atoms with Gasteiger partial charge in [-0.1, -0.05) is 52.8 Å². The van der Waals surface area contributed by atoms with Crippen molar-refractivity contribution in [3.05, 3.63) is 30.3 Å². The fourth-order valence-corrected chi connectivity index (χ4v) is 2.56. The van der Waals surface area contributed by atoms with Crippen LogP contribution in [0.5, 0.6) is 5.75 Å². The van der Waals surface area contributed by atoms with E-state index in [0.29, 0.717) is 0 Å². The maximum Gasteiger partial charge on any atom is 1.00 e. The normalized spacial score (nSPS) is 13.6. The zero-order valence-electron chi connectivity index (χ0n) is 13.2. The summed E-state index contributed by atoms with van der Waals surface area (Å²) in [6.07, 6.45) is 0.666. The topological polar surface area (TPSA) is 32.3 Å². The van der Waals surface area contributed by atoms with Crippen LogP contribution in [0.3, 0.4) is 0 Å². The molecule has 0 saturated carbocycles. The number of hydrogen-bond acceptors (Lipinski definition) is 2. The van der Waals surface area contributed by atoms with E-state index in [-0.39, 0.29) is 53.1 Å². The van der Waals surface area contributed by atoms with Crippen molar-refractivity contribution in [3.8, 4) is 5.75 Å². The summed E-state index contributed by atoms with van der Waals surface area (Å²) in [7, 11) is 0. The number of hydrogen-bond donors (Lipinski definition) is 0. The zero-order valence-corrected chi connectivity index (χ0v) is 15.2. The Hall–Kier alpha value is -0.0200. The van der Waals surface area contributed by atoms with Crippen molar-refractivity contribution in [1.82, 2.24) is 0 Å². The summed E-state index contributed by atoms with van der Waals surface area (Å²) in [5.41, 5.74) is 0.0623. The standard InChI is InChI=1S/C16H25O2.Na/c1-15(2,3)12-16(4,5)14(11-17)18-13-9-7-6-8-10-13;/h6-10,14H,11-12H2,1-5H3;/q-1;+1. The molecule has 0 aliphatic carbocycles. The monoisotopic (exact) mass is 272 g/mol. The Balaban J connectivity index is 0.00000324. The van der Waals surface area contributed by atoms with Gasteiger partial charge >= 0.3 is 29.6 Å². The molecular formula is C16H25NaO2. The van der Waals surface area contributed by atoms with Gasteiger partial charge in [-0.05, 0) is 24.0 Å². The van der Waals surface area contributed by atoms with Gasteiger partial charge in [-0.15, -0.1) is 6.61 Å². The van der Waals surface area contributed by atoms with Crippen molar-refractivity contribution in [2.45, 2.75) is 47.1 Å². The van der Waals surface area contributed by atoms with Crippen LogP contribution >= 0.6 is 0 Å². The first-order chi connectivity index (χ1) is 8.24. The van der Waals surface area contributed by atoms with Crippen LogP contribution < -0.4 is 39.4 Å². The second-order valence-electron chi connectivity index (χ2n) is 6.81. The summed E-state index contributed by atoms with van der Waals surface area (Å²) < 4.78 is 5.86. The first-order valence-corrected chi connectivity index (χ1v) is 6.54. The molecule has 0 bridgehead atoms. The molecule has 0 amide bonds. The van der Waals surface area contributed by atoms with Crippen LogP contribution in [0.15, 0.2) is 30.3 Å². The number of ether oxygens (including phenoxy) is 1. The summed E-state index contributed by atoms with van der Waals surface area (Å²) in [6.45, 7) is 10.6. The van der Waals surface area contributed by atoms with Gasteiger partial charge in [-0.2, -0.15) is 0 Å². The van der Waals surface area contributed by atoms with Gasteiger partial charge in [0.05, 0.1) is 6.10 Å². The molecule has 0 heterocycles. The van der Waals surface area contributed by atoms with E-state index in [4.69, 9.17) is 4.74 Å². The molecule has 0 aliphatic rings. The van der Waals surface area contributed by atoms with Crippen LogP contribution in [0, 0.1) is 10.8 Å². The molecular weight excluding hydrogens is 247 g/mol. The summed E-state index contributed by atoms with van der Waals surface area (Å²) >= 11 is 0. The molecule has 0 aliphatic heterocycles. The number of benzene rings is 1. The smallest absolute Gasteiger partial charge is 0.852 e. The SMILES string of the molecule is CC(C)(C)CC(C)(C)C(C[O-])Oc1ccccc1.[Na+]. The molecule has 1 atom stereocenters. The van der Waals surface area contributed by atoms with Gasteiger partial charge in [0.2, 0.25) is 0 Å². The average Bonchev–Trinajstić information content (AvgIpc) is 2.23. The van der Waals surface area contributed by atoms with Crippen molar-refractivity contribution < 1.29 is 39.4 Å². The van der Waals surface area contributed by atoms with E-state index in [1.165, 1.54) is 0 Å². The second kappa shape index (κ2) is 7.68. The van der Waals surface area contributed by atoms with Crippen LogP contribution in [-0.4, -0.2) is 12.7 Å². The molecule has 3 heteroatoms. The summed E-state index contributed by atoms with van der Waals surface area (Å²) in [5.74, 6) is 0.778. The van der Waals surface area contributed by atoms with Gasteiger partial charge in [0, 0.05) is 5.41 Å². The van der Waals surface area contributed by atoms with Gasteiger partial charge < -0.3 is 9.84 Å². The Morgan fingerprint density at radius 1 is 1.05 bits per heavy atom. The van der Waals surface area contributed by atoms with Gasteiger partial charge in [0.25, 0.3) is 0 Å². The molecule has 0 radical (unpaired) electrons. The Labute approximate surface area is 139 Å². The quantitative estimate of drug-likeness (QED) is 0.720. The fraction of sp³-hybridized carbons (Fsp3) is 0.625. The van der Waals surface area contributed by atoms with E-state index in [1.807, 2.05) is 30.3 Å². The Morgan fingerprint density at radius 3 is 2.00 bits per heavy atom. The fourth-order valence-electron chi connectivity index (χ4n) is 2.56. The Kier molecular flexibility index (Phi) is 7.67. The van der Waals surface area contributed by atoms with E-state index >= 15 is 0 Å². The average molecular weight is 272 g/mol. The van der Waals surface area contributed by atoms with Crippen molar-refractivity contribution in [2.24, 2.45) is 10.8 Å². The maximum absolute atomic E-state index is 11.4. The minimum atomic E-state index is -0.292. The molecule has 1 aromatic rings. The molecule has 19 heavy (non-hydrogen) atoms. The predicted octanol–water partition coefficient (Wildman–Crippen LogP) is 0.261. The summed E-state index contributed by atoms with van der Waals surface area (Å²) in [6, 6.07) is 9.59. The molecule has 1 rings (SSSR count). The van der Waals surface area contributed by atoms with Crippen LogP contribution in [0.4, 0.5) is 0 Å². The third-order valence-electron chi connectivity index (χ3n) is 3.03. The predicted molar refractivity (Wildman–Crippen MR) is 73.6 cm³/mol. The summed E-state index contributed by atoms with van der Waals surface area (Å²) in [4.78, 5) is 0. The Bertz CT molecular complexity index is 355. The van der Waals surface area contributed by atoms with Gasteiger partial charge in [0.1, 0.15) is 5.75 Å². The molecule has 2 nitrogen and oxygen atoms in total. The van der Waals surface area contributed by atoms with Crippen LogP contribution in [0.25, 0.3) is 0 Å². The first-order valence-electron chi connectivity index (χ1n) is 6.54. The minimum Gasteiger partial charge on any atom is -0.852 e. The minimum absolute atomic E-state index is 0. The van der Waals surface area contributed by atoms with Crippen LogP contribution in [0.1, 0.15) is 41.0 Å². The number of rotatable bonds is 5. The van der Waals surface area contributed by atoms with E-state index in [0.717, 1.165) is 12.2 Å². The van der Waals surface area contributed by atoms with Gasteiger partial charge in [-0.3, -0.25) is 0 Å². The molecule has 0 fully saturated rings. The van der Waals surface area contributed by atoms with Crippen LogP contribution in [0.2, 0.25) is 0 Å². The first kappa shape index (κ1) is 19.0. The molecule has 1 aromatic carbocycles. The molecule has 1 unspecified atom stereocenters. The number of para-hydroxylation sites is 1. The van der Waals surface area contributed by atoms with Crippen molar-refractivity contribution in [3.63, 3.8) is 0 Å². The molecule has 0 N–H and O–H groups in total. The zero-order chi connectivity index (χ0) is 13.8. The van der Waals surface area contributed by atoms with Crippen LogP contribution in [-0.2, 0) is 0 Å². The second-order valence-corrected chi connectivity index (χ2v) is 6.81. The van der Waals surface area contributed by atoms with Crippen molar-refractivity contribution >= 4 is 0 Å². The molecule has 0 aromatic heterocycles. The molecule has 0 spiro atoms. The van der Waals surface area contributed by atoms with Crippen molar-refractivity contribution in [1.29, 1.82) is 0 Å². The third-order valence-corrected chi connectivity index (χ3v) is 3.03. The summed E-state index contributed by atoms with van der Waals surface area (Å²) in [5, 5.41) is 11.4. The Morgan fingerprint density at radius 2 is 1.58 bits per heavy atom. The third kappa shape index (κ3) is 6.80. The molecule has 102 valence electrons. The maximum atomic E-state index is 11.4. The van der Waals surface area contributed by atoms with E-state index in [9.17, 15) is 5.11 Å². The molecule has 0 saturated heterocycles. The van der Waals surface area contributed by atoms with Gasteiger partial charge in [0.15, 0.2) is 0 Å². The van der Waals surface area contributed by atoms with E-state index in [1.54, 1.807) is 0 Å². The van der Waals surface area contributed by atoms with E-state index < -0.39 is 0 Å². The largest absolute Gasteiger partial charge is 1.00 e.